The van der Waals surface area contributed by atoms with Gasteiger partial charge in [0, 0.05) is 10.7 Å². The smallest absolute Gasteiger partial charge is 0.335 e. The molecule has 1 aromatic carbocycles. The van der Waals surface area contributed by atoms with Gasteiger partial charge in [-0.1, -0.05) is 11.6 Å². The normalized spacial score (nSPS) is 18.6. The van der Waals surface area contributed by atoms with Crippen LogP contribution < -0.4 is 10.6 Å². The van der Waals surface area contributed by atoms with Crippen LogP contribution in [-0.2, 0) is 4.79 Å². The highest BCUT2D eigenvalue weighted by molar-refractivity contribution is 6.31. The molecule has 6 heteroatoms. The molecule has 96 valence electrons. The summed E-state index contributed by atoms with van der Waals surface area (Å²) in [5, 5.41) is 14.9. The van der Waals surface area contributed by atoms with Crippen LogP contribution in [0.4, 0.5) is 5.69 Å². The molecule has 0 radical (unpaired) electrons. The topological polar surface area (TPSA) is 78.4 Å². The Morgan fingerprint density at radius 1 is 1.39 bits per heavy atom. The third kappa shape index (κ3) is 3.00. The van der Waals surface area contributed by atoms with E-state index >= 15 is 0 Å². The van der Waals surface area contributed by atoms with Crippen LogP contribution in [0.5, 0.6) is 0 Å². The van der Waals surface area contributed by atoms with Crippen molar-refractivity contribution in [3.63, 3.8) is 0 Å². The molecule has 0 bridgehead atoms. The second-order valence-corrected chi connectivity index (χ2v) is 4.61. The minimum Gasteiger partial charge on any atom is -0.478 e. The van der Waals surface area contributed by atoms with E-state index in [0.717, 1.165) is 19.4 Å². The fourth-order valence-corrected chi connectivity index (χ4v) is 2.16. The van der Waals surface area contributed by atoms with E-state index in [2.05, 4.69) is 10.6 Å². The highest BCUT2D eigenvalue weighted by atomic mass is 35.5. The molecule has 1 atom stereocenters. The number of benzene rings is 1. The highest BCUT2D eigenvalue weighted by Crippen LogP contribution is 2.20. The molecule has 0 unspecified atom stereocenters. The first-order valence-corrected chi connectivity index (χ1v) is 6.02. The molecule has 0 saturated carbocycles. The minimum atomic E-state index is -1.08. The number of rotatable bonds is 3. The molecule has 0 aliphatic carbocycles. The summed E-state index contributed by atoms with van der Waals surface area (Å²) in [5.74, 6) is -1.24. The highest BCUT2D eigenvalue weighted by Gasteiger charge is 2.22. The molecular formula is C12H13ClN2O3. The van der Waals surface area contributed by atoms with E-state index in [1.54, 1.807) is 0 Å². The summed E-state index contributed by atoms with van der Waals surface area (Å²) in [6, 6.07) is 4.05. The largest absolute Gasteiger partial charge is 0.478 e. The van der Waals surface area contributed by atoms with Crippen LogP contribution >= 0.6 is 11.6 Å². The fraction of sp³-hybridized carbons (Fsp3) is 0.333. The van der Waals surface area contributed by atoms with Gasteiger partial charge in [-0.25, -0.2) is 4.79 Å². The Morgan fingerprint density at radius 3 is 2.78 bits per heavy atom. The minimum absolute atomic E-state index is 0.0529. The first-order valence-electron chi connectivity index (χ1n) is 5.64. The Hall–Kier alpha value is -1.59. The van der Waals surface area contributed by atoms with E-state index in [1.165, 1.54) is 18.2 Å². The molecule has 18 heavy (non-hydrogen) atoms. The van der Waals surface area contributed by atoms with Crippen molar-refractivity contribution in [2.75, 3.05) is 11.9 Å². The van der Waals surface area contributed by atoms with E-state index in [0.29, 0.717) is 5.69 Å². The number of anilines is 1. The van der Waals surface area contributed by atoms with Crippen molar-refractivity contribution >= 4 is 29.2 Å². The van der Waals surface area contributed by atoms with Crippen LogP contribution in [0.2, 0.25) is 5.02 Å². The summed E-state index contributed by atoms with van der Waals surface area (Å²) >= 11 is 5.81. The summed E-state index contributed by atoms with van der Waals surface area (Å²) in [6.07, 6.45) is 1.76. The van der Waals surface area contributed by atoms with Crippen molar-refractivity contribution in [1.82, 2.24) is 5.32 Å². The van der Waals surface area contributed by atoms with Crippen molar-refractivity contribution in [1.29, 1.82) is 0 Å². The first kappa shape index (κ1) is 12.9. The number of hydrogen-bond acceptors (Lipinski definition) is 3. The van der Waals surface area contributed by atoms with Gasteiger partial charge in [0.05, 0.1) is 11.6 Å². The van der Waals surface area contributed by atoms with Gasteiger partial charge in [-0.3, -0.25) is 4.79 Å². The lowest BCUT2D eigenvalue weighted by Crippen LogP contribution is -2.35. The maximum atomic E-state index is 11.8. The third-order valence-corrected chi connectivity index (χ3v) is 3.01. The van der Waals surface area contributed by atoms with Crippen molar-refractivity contribution in [2.24, 2.45) is 0 Å². The number of amides is 1. The molecule has 1 amide bonds. The molecule has 1 aliphatic rings. The molecule has 1 fully saturated rings. The van der Waals surface area contributed by atoms with E-state index in [-0.39, 0.29) is 22.5 Å². The van der Waals surface area contributed by atoms with Gasteiger partial charge in [-0.2, -0.15) is 0 Å². The molecule has 1 aromatic rings. The van der Waals surface area contributed by atoms with Gasteiger partial charge in [0.1, 0.15) is 0 Å². The number of carboxylic acids is 1. The van der Waals surface area contributed by atoms with Crippen LogP contribution in [0.15, 0.2) is 18.2 Å². The summed E-state index contributed by atoms with van der Waals surface area (Å²) in [4.78, 5) is 22.7. The maximum Gasteiger partial charge on any atom is 0.335 e. The SMILES string of the molecule is O=C(O)c1cc(Cl)cc(NC(=O)[C@H]2CCCN2)c1. The quantitative estimate of drug-likeness (QED) is 0.780. The first-order chi connectivity index (χ1) is 8.56. The fourth-order valence-electron chi connectivity index (χ4n) is 1.92. The van der Waals surface area contributed by atoms with Crippen molar-refractivity contribution < 1.29 is 14.7 Å². The van der Waals surface area contributed by atoms with E-state index in [9.17, 15) is 9.59 Å². The van der Waals surface area contributed by atoms with Gasteiger partial charge in [0.2, 0.25) is 5.91 Å². The van der Waals surface area contributed by atoms with Crippen LogP contribution in [0.3, 0.4) is 0 Å². The molecule has 1 heterocycles. The Labute approximate surface area is 109 Å². The Morgan fingerprint density at radius 2 is 2.17 bits per heavy atom. The Balaban J connectivity index is 2.13. The summed E-state index contributed by atoms with van der Waals surface area (Å²) in [6.45, 7) is 0.827. The number of nitrogens with one attached hydrogen (secondary N) is 2. The zero-order valence-corrected chi connectivity index (χ0v) is 10.3. The van der Waals surface area contributed by atoms with E-state index in [4.69, 9.17) is 16.7 Å². The van der Waals surface area contributed by atoms with Gasteiger partial charge >= 0.3 is 5.97 Å². The second-order valence-electron chi connectivity index (χ2n) is 4.17. The molecule has 5 nitrogen and oxygen atoms in total. The van der Waals surface area contributed by atoms with Gasteiger partial charge in [0.25, 0.3) is 0 Å². The van der Waals surface area contributed by atoms with E-state index in [1.807, 2.05) is 0 Å². The Kier molecular flexibility index (Phi) is 3.84. The van der Waals surface area contributed by atoms with Crippen LogP contribution in [0.25, 0.3) is 0 Å². The molecular weight excluding hydrogens is 256 g/mol. The molecule has 3 N–H and O–H groups in total. The van der Waals surface area contributed by atoms with Gasteiger partial charge in [0.15, 0.2) is 0 Å². The predicted molar refractivity (Wildman–Crippen MR) is 68.1 cm³/mol. The molecule has 0 aromatic heterocycles. The number of hydrogen-bond donors (Lipinski definition) is 3. The Bertz CT molecular complexity index is 484. The number of carbonyl (C=O) groups excluding carboxylic acids is 1. The molecule has 1 aliphatic heterocycles. The summed E-state index contributed by atoms with van der Waals surface area (Å²) < 4.78 is 0. The zero-order valence-electron chi connectivity index (χ0n) is 9.57. The van der Waals surface area contributed by atoms with Crippen LogP contribution in [-0.4, -0.2) is 29.6 Å². The number of aromatic carboxylic acids is 1. The average molecular weight is 269 g/mol. The maximum absolute atomic E-state index is 11.8. The average Bonchev–Trinajstić information content (AvgIpc) is 2.81. The van der Waals surface area contributed by atoms with E-state index < -0.39 is 5.97 Å². The van der Waals surface area contributed by atoms with Crippen molar-refractivity contribution in [2.45, 2.75) is 18.9 Å². The van der Waals surface area contributed by atoms with Crippen molar-refractivity contribution in [3.05, 3.63) is 28.8 Å². The molecule has 2 rings (SSSR count). The molecule has 0 spiro atoms. The number of halogens is 1. The summed E-state index contributed by atoms with van der Waals surface area (Å²) in [7, 11) is 0. The number of carbonyl (C=O) groups is 2. The zero-order chi connectivity index (χ0) is 13.1. The predicted octanol–water partition coefficient (Wildman–Crippen LogP) is 1.73. The van der Waals surface area contributed by atoms with Crippen LogP contribution in [0.1, 0.15) is 23.2 Å². The van der Waals surface area contributed by atoms with Gasteiger partial charge < -0.3 is 15.7 Å². The monoisotopic (exact) mass is 268 g/mol. The molecule has 1 saturated heterocycles. The summed E-state index contributed by atoms with van der Waals surface area (Å²) in [5.41, 5.74) is 0.454. The lowest BCUT2D eigenvalue weighted by molar-refractivity contribution is -0.117. The van der Waals surface area contributed by atoms with Gasteiger partial charge in [-0.05, 0) is 37.6 Å². The van der Waals surface area contributed by atoms with Gasteiger partial charge in [-0.15, -0.1) is 0 Å². The lowest BCUT2D eigenvalue weighted by Gasteiger charge is -2.11. The number of carboxylic acid groups (broad SMARTS) is 1. The van der Waals surface area contributed by atoms with Crippen LogP contribution in [0, 0.1) is 0 Å². The van der Waals surface area contributed by atoms with Crippen molar-refractivity contribution in [3.8, 4) is 0 Å². The standard InChI is InChI=1S/C12H13ClN2O3/c13-8-4-7(12(17)18)5-9(6-8)15-11(16)10-2-1-3-14-10/h4-6,10,14H,1-3H2,(H,15,16)(H,17,18)/t10-/m1/s1. The lowest BCUT2D eigenvalue weighted by atomic mass is 10.1. The second kappa shape index (κ2) is 5.37. The third-order valence-electron chi connectivity index (χ3n) is 2.79.